The second kappa shape index (κ2) is 8.11. The summed E-state index contributed by atoms with van der Waals surface area (Å²) in [5.74, 6) is 0.0323. The van der Waals surface area contributed by atoms with Crippen LogP contribution in [-0.4, -0.2) is 49.4 Å². The van der Waals surface area contributed by atoms with Crippen molar-refractivity contribution in [2.45, 2.75) is 38.1 Å². The number of benzene rings is 1. The van der Waals surface area contributed by atoms with E-state index in [-0.39, 0.29) is 18.2 Å². The van der Waals surface area contributed by atoms with Crippen LogP contribution in [0.5, 0.6) is 0 Å². The van der Waals surface area contributed by atoms with Gasteiger partial charge in [-0.1, -0.05) is 30.2 Å². The predicted octanol–water partition coefficient (Wildman–Crippen LogP) is 2.18. The van der Waals surface area contributed by atoms with Crippen molar-refractivity contribution in [3.8, 4) is 0 Å². The maximum atomic E-state index is 12.3. The van der Waals surface area contributed by atoms with Crippen LogP contribution < -0.4 is 5.32 Å². The smallest absolute Gasteiger partial charge is 0.234 e. The minimum atomic E-state index is -0.181. The van der Waals surface area contributed by atoms with Gasteiger partial charge >= 0.3 is 0 Å². The lowest BCUT2D eigenvalue weighted by molar-refractivity contribution is -0.131. The highest BCUT2D eigenvalue weighted by Crippen LogP contribution is 2.24. The lowest BCUT2D eigenvalue weighted by Gasteiger charge is -2.37. The Balaban J connectivity index is 1.50. The molecule has 0 radical (unpaired) electrons. The first-order valence-electron chi connectivity index (χ1n) is 8.21. The molecule has 1 N–H and O–H groups in total. The number of halogens is 1. The zero-order valence-electron chi connectivity index (χ0n) is 13.2. The minimum absolute atomic E-state index is 0.0323. The predicted molar refractivity (Wildman–Crippen MR) is 88.2 cm³/mol. The standard InChI is InChI=1S/C17H23ClN2O3/c18-14-6-4-13(5-7-14)11-19-16(21)12-20-8-2-1-3-15(20)17-22-9-10-23-17/h4-7,15,17H,1-3,8-12H2,(H,19,21)/t15-/m1/s1. The highest BCUT2D eigenvalue weighted by atomic mass is 35.5. The van der Waals surface area contributed by atoms with Crippen LogP contribution in [0.25, 0.3) is 0 Å². The highest BCUT2D eigenvalue weighted by Gasteiger charge is 2.34. The molecule has 0 saturated carbocycles. The van der Waals surface area contributed by atoms with E-state index in [9.17, 15) is 4.79 Å². The summed E-state index contributed by atoms with van der Waals surface area (Å²) in [5, 5.41) is 3.67. The fourth-order valence-electron chi connectivity index (χ4n) is 3.16. The molecule has 126 valence electrons. The number of hydrogen-bond donors (Lipinski definition) is 1. The topological polar surface area (TPSA) is 50.8 Å². The number of carbonyl (C=O) groups is 1. The Hall–Kier alpha value is -1.14. The second-order valence-corrected chi connectivity index (χ2v) is 6.48. The van der Waals surface area contributed by atoms with Gasteiger partial charge in [0.15, 0.2) is 6.29 Å². The number of nitrogens with zero attached hydrogens (tertiary/aromatic N) is 1. The van der Waals surface area contributed by atoms with E-state index < -0.39 is 0 Å². The van der Waals surface area contributed by atoms with Gasteiger partial charge in [0.25, 0.3) is 0 Å². The van der Waals surface area contributed by atoms with Gasteiger partial charge in [-0.3, -0.25) is 9.69 Å². The Morgan fingerprint density at radius 1 is 1.22 bits per heavy atom. The van der Waals surface area contributed by atoms with Crippen LogP contribution in [0, 0.1) is 0 Å². The maximum Gasteiger partial charge on any atom is 0.234 e. The number of ether oxygens (including phenoxy) is 2. The molecule has 0 aliphatic carbocycles. The fourth-order valence-corrected chi connectivity index (χ4v) is 3.29. The van der Waals surface area contributed by atoms with E-state index >= 15 is 0 Å². The Bertz CT molecular complexity index is 517. The highest BCUT2D eigenvalue weighted by molar-refractivity contribution is 6.30. The van der Waals surface area contributed by atoms with Crippen molar-refractivity contribution in [1.82, 2.24) is 10.2 Å². The fraction of sp³-hybridized carbons (Fsp3) is 0.588. The molecule has 6 heteroatoms. The summed E-state index contributed by atoms with van der Waals surface area (Å²) in [6, 6.07) is 7.70. The van der Waals surface area contributed by atoms with E-state index in [1.807, 2.05) is 24.3 Å². The van der Waals surface area contributed by atoms with Crippen LogP contribution in [0.1, 0.15) is 24.8 Å². The third kappa shape index (κ3) is 4.67. The summed E-state index contributed by atoms with van der Waals surface area (Å²) in [6.45, 7) is 3.13. The van der Waals surface area contributed by atoms with Crippen molar-refractivity contribution < 1.29 is 14.3 Å². The maximum absolute atomic E-state index is 12.3. The largest absolute Gasteiger partial charge is 0.351 e. The zero-order chi connectivity index (χ0) is 16.1. The summed E-state index contributed by atoms with van der Waals surface area (Å²) in [7, 11) is 0. The lowest BCUT2D eigenvalue weighted by Crippen LogP contribution is -2.50. The van der Waals surface area contributed by atoms with Gasteiger partial charge < -0.3 is 14.8 Å². The van der Waals surface area contributed by atoms with Crippen LogP contribution in [0.4, 0.5) is 0 Å². The Kier molecular flexibility index (Phi) is 5.89. The quantitative estimate of drug-likeness (QED) is 0.894. The first-order valence-corrected chi connectivity index (χ1v) is 8.58. The van der Waals surface area contributed by atoms with E-state index in [0.717, 1.165) is 31.4 Å². The molecule has 5 nitrogen and oxygen atoms in total. The zero-order valence-corrected chi connectivity index (χ0v) is 13.9. The lowest BCUT2D eigenvalue weighted by atomic mass is 10.0. The van der Waals surface area contributed by atoms with Crippen LogP contribution in [0.2, 0.25) is 5.02 Å². The summed E-state index contributed by atoms with van der Waals surface area (Å²) < 4.78 is 11.3. The van der Waals surface area contributed by atoms with Crippen LogP contribution in [-0.2, 0) is 20.8 Å². The van der Waals surface area contributed by atoms with Gasteiger partial charge in [0.1, 0.15) is 0 Å². The van der Waals surface area contributed by atoms with Crippen LogP contribution in [0.3, 0.4) is 0 Å². The molecule has 0 spiro atoms. The number of piperidine rings is 1. The van der Waals surface area contributed by atoms with Crippen molar-refractivity contribution in [2.75, 3.05) is 26.3 Å². The number of likely N-dealkylation sites (tertiary alicyclic amines) is 1. The van der Waals surface area contributed by atoms with Gasteiger partial charge in [0, 0.05) is 11.6 Å². The monoisotopic (exact) mass is 338 g/mol. The molecule has 2 saturated heterocycles. The number of carbonyl (C=O) groups excluding carboxylic acids is 1. The van der Waals surface area contributed by atoms with Gasteiger partial charge in [-0.25, -0.2) is 0 Å². The van der Waals surface area contributed by atoms with E-state index in [4.69, 9.17) is 21.1 Å². The number of nitrogens with one attached hydrogen (secondary N) is 1. The van der Waals surface area contributed by atoms with Gasteiger partial charge in [0.05, 0.1) is 25.8 Å². The average molecular weight is 339 g/mol. The first-order chi connectivity index (χ1) is 11.2. The first kappa shape index (κ1) is 16.7. The summed E-state index contributed by atoms with van der Waals surface area (Å²) in [4.78, 5) is 14.4. The van der Waals surface area contributed by atoms with E-state index in [1.54, 1.807) is 0 Å². The SMILES string of the molecule is O=C(CN1CCCC[C@@H]1C1OCCO1)NCc1ccc(Cl)cc1. The summed E-state index contributed by atoms with van der Waals surface area (Å²) >= 11 is 5.86. The Morgan fingerprint density at radius 3 is 2.70 bits per heavy atom. The van der Waals surface area contributed by atoms with Crippen molar-refractivity contribution >= 4 is 17.5 Å². The number of amides is 1. The van der Waals surface area contributed by atoms with Gasteiger partial charge in [-0.2, -0.15) is 0 Å². The van der Waals surface area contributed by atoms with E-state index in [2.05, 4.69) is 10.2 Å². The molecule has 2 aliphatic heterocycles. The molecular formula is C17H23ClN2O3. The minimum Gasteiger partial charge on any atom is -0.351 e. The number of rotatable bonds is 5. The molecule has 0 bridgehead atoms. The molecule has 1 amide bonds. The second-order valence-electron chi connectivity index (χ2n) is 6.05. The number of hydrogen-bond acceptors (Lipinski definition) is 4. The van der Waals surface area contributed by atoms with Crippen molar-refractivity contribution in [3.05, 3.63) is 34.9 Å². The van der Waals surface area contributed by atoms with Crippen molar-refractivity contribution in [3.63, 3.8) is 0 Å². The van der Waals surface area contributed by atoms with Gasteiger partial charge in [-0.05, 0) is 37.1 Å². The summed E-state index contributed by atoms with van der Waals surface area (Å²) in [5.41, 5.74) is 1.04. The molecule has 2 aliphatic rings. The average Bonchev–Trinajstić information content (AvgIpc) is 3.09. The van der Waals surface area contributed by atoms with Gasteiger partial charge in [0.2, 0.25) is 5.91 Å². The van der Waals surface area contributed by atoms with Gasteiger partial charge in [-0.15, -0.1) is 0 Å². The Morgan fingerprint density at radius 2 is 1.96 bits per heavy atom. The van der Waals surface area contributed by atoms with Crippen molar-refractivity contribution in [1.29, 1.82) is 0 Å². The molecule has 2 heterocycles. The van der Waals surface area contributed by atoms with Crippen LogP contribution in [0.15, 0.2) is 24.3 Å². The van der Waals surface area contributed by atoms with Crippen molar-refractivity contribution in [2.24, 2.45) is 0 Å². The molecule has 1 atom stereocenters. The third-order valence-electron chi connectivity index (χ3n) is 4.38. The molecule has 23 heavy (non-hydrogen) atoms. The molecule has 0 unspecified atom stereocenters. The summed E-state index contributed by atoms with van der Waals surface area (Å²) in [6.07, 6.45) is 3.12. The van der Waals surface area contributed by atoms with E-state index in [0.29, 0.717) is 31.3 Å². The normalized spacial score (nSPS) is 23.1. The molecule has 3 rings (SSSR count). The Labute approximate surface area is 141 Å². The third-order valence-corrected chi connectivity index (χ3v) is 4.63. The molecule has 1 aromatic carbocycles. The molecule has 2 fully saturated rings. The van der Waals surface area contributed by atoms with Crippen LogP contribution >= 0.6 is 11.6 Å². The molecular weight excluding hydrogens is 316 g/mol. The molecule has 0 aromatic heterocycles. The van der Waals surface area contributed by atoms with E-state index in [1.165, 1.54) is 0 Å². The molecule has 1 aromatic rings.